The molecule has 0 aliphatic carbocycles. The van der Waals surface area contributed by atoms with Gasteiger partial charge in [0, 0.05) is 58.2 Å². The van der Waals surface area contributed by atoms with Gasteiger partial charge < -0.3 is 25.0 Å². The Morgan fingerprint density at radius 2 is 1.85 bits per heavy atom. The van der Waals surface area contributed by atoms with Gasteiger partial charge in [0.15, 0.2) is 0 Å². The third kappa shape index (κ3) is 7.11. The standard InChI is InChI=1S/C23H34N6O4/c1-4-5-16-33-19-8-6-18(7-9-19)25-23(31)24-10-11-28-12-14-29(15-13-28)22(30)20-17-27(2)26-21(20)32-3/h6-9,17H,4-5,10-16H2,1-3H3,(H2,24,25,31). The molecule has 10 nitrogen and oxygen atoms in total. The van der Waals surface area contributed by atoms with Crippen LogP contribution in [-0.2, 0) is 7.05 Å². The van der Waals surface area contributed by atoms with Gasteiger partial charge >= 0.3 is 6.03 Å². The summed E-state index contributed by atoms with van der Waals surface area (Å²) in [6.45, 7) is 6.80. The largest absolute Gasteiger partial charge is 0.494 e. The van der Waals surface area contributed by atoms with Crippen LogP contribution in [0, 0.1) is 0 Å². The predicted molar refractivity (Wildman–Crippen MR) is 126 cm³/mol. The summed E-state index contributed by atoms with van der Waals surface area (Å²) in [7, 11) is 3.27. The summed E-state index contributed by atoms with van der Waals surface area (Å²) in [6, 6.07) is 7.12. The second-order valence-electron chi connectivity index (χ2n) is 7.97. The highest BCUT2D eigenvalue weighted by Gasteiger charge is 2.26. The number of urea groups is 1. The highest BCUT2D eigenvalue weighted by molar-refractivity contribution is 5.96. The van der Waals surface area contributed by atoms with Crippen molar-refractivity contribution in [3.05, 3.63) is 36.0 Å². The lowest BCUT2D eigenvalue weighted by molar-refractivity contribution is 0.0636. The van der Waals surface area contributed by atoms with Crippen molar-refractivity contribution >= 4 is 17.6 Å². The van der Waals surface area contributed by atoms with Gasteiger partial charge in [-0.3, -0.25) is 14.4 Å². The van der Waals surface area contributed by atoms with Crippen LogP contribution in [0.25, 0.3) is 0 Å². The Bertz CT molecular complexity index is 906. The highest BCUT2D eigenvalue weighted by Crippen LogP contribution is 2.18. The number of nitrogens with zero attached hydrogens (tertiary/aromatic N) is 4. The number of aryl methyl sites for hydroxylation is 1. The molecule has 0 radical (unpaired) electrons. The van der Waals surface area contributed by atoms with Crippen LogP contribution in [0.4, 0.5) is 10.5 Å². The number of hydrogen-bond donors (Lipinski definition) is 2. The van der Waals surface area contributed by atoms with Gasteiger partial charge in [-0.1, -0.05) is 13.3 Å². The number of nitrogens with one attached hydrogen (secondary N) is 2. The molecule has 180 valence electrons. The maximum absolute atomic E-state index is 12.8. The number of piperazine rings is 1. The fourth-order valence-corrected chi connectivity index (χ4v) is 3.58. The molecule has 0 spiro atoms. The van der Waals surface area contributed by atoms with E-state index in [4.69, 9.17) is 9.47 Å². The summed E-state index contributed by atoms with van der Waals surface area (Å²) in [5.41, 5.74) is 1.20. The van der Waals surface area contributed by atoms with E-state index in [1.807, 2.05) is 29.2 Å². The van der Waals surface area contributed by atoms with Crippen molar-refractivity contribution in [2.75, 3.05) is 58.3 Å². The fraction of sp³-hybridized carbons (Fsp3) is 0.522. The minimum absolute atomic E-state index is 0.0705. The molecule has 10 heteroatoms. The molecule has 0 atom stereocenters. The number of carbonyl (C=O) groups is 2. The van der Waals surface area contributed by atoms with Crippen LogP contribution >= 0.6 is 0 Å². The quantitative estimate of drug-likeness (QED) is 0.530. The molecule has 1 aromatic heterocycles. The minimum Gasteiger partial charge on any atom is -0.494 e. The van der Waals surface area contributed by atoms with E-state index in [1.165, 1.54) is 7.11 Å². The van der Waals surface area contributed by atoms with Gasteiger partial charge in [-0.25, -0.2) is 4.79 Å². The lowest BCUT2D eigenvalue weighted by Crippen LogP contribution is -2.50. The normalized spacial score (nSPS) is 14.1. The molecule has 2 N–H and O–H groups in total. The van der Waals surface area contributed by atoms with Crippen LogP contribution in [0.15, 0.2) is 30.5 Å². The number of ether oxygens (including phenoxy) is 2. The van der Waals surface area contributed by atoms with Crippen molar-refractivity contribution in [2.45, 2.75) is 19.8 Å². The van der Waals surface area contributed by atoms with Gasteiger partial charge in [0.25, 0.3) is 5.91 Å². The van der Waals surface area contributed by atoms with Crippen molar-refractivity contribution in [2.24, 2.45) is 7.05 Å². The summed E-state index contributed by atoms with van der Waals surface area (Å²) in [6.07, 6.45) is 3.80. The molecule has 3 rings (SSSR count). The summed E-state index contributed by atoms with van der Waals surface area (Å²) in [5, 5.41) is 9.86. The number of aromatic nitrogens is 2. The van der Waals surface area contributed by atoms with Crippen LogP contribution in [0.2, 0.25) is 0 Å². The van der Waals surface area contributed by atoms with Gasteiger partial charge in [-0.15, -0.1) is 5.10 Å². The summed E-state index contributed by atoms with van der Waals surface area (Å²) in [5.74, 6) is 1.08. The van der Waals surface area contributed by atoms with Crippen LogP contribution in [0.1, 0.15) is 30.1 Å². The molecular weight excluding hydrogens is 424 g/mol. The van der Waals surface area contributed by atoms with Crippen molar-refractivity contribution in [1.29, 1.82) is 0 Å². The molecule has 1 aromatic carbocycles. The predicted octanol–water partition coefficient (Wildman–Crippen LogP) is 2.19. The van der Waals surface area contributed by atoms with Crippen LogP contribution < -0.4 is 20.1 Å². The van der Waals surface area contributed by atoms with E-state index in [-0.39, 0.29) is 11.9 Å². The zero-order valence-corrected chi connectivity index (χ0v) is 19.7. The first-order chi connectivity index (χ1) is 16.0. The molecule has 2 heterocycles. The molecule has 0 saturated carbocycles. The van der Waals surface area contributed by atoms with Gasteiger partial charge in [0.1, 0.15) is 11.3 Å². The first-order valence-electron chi connectivity index (χ1n) is 11.4. The van der Waals surface area contributed by atoms with Gasteiger partial charge in [0.2, 0.25) is 5.88 Å². The van der Waals surface area contributed by atoms with E-state index in [2.05, 4.69) is 27.6 Å². The second kappa shape index (κ2) is 12.1. The Labute approximate surface area is 194 Å². The van der Waals surface area contributed by atoms with Crippen LogP contribution in [0.5, 0.6) is 11.6 Å². The molecule has 0 unspecified atom stereocenters. The maximum atomic E-state index is 12.8. The number of rotatable bonds is 10. The number of methoxy groups -OCH3 is 1. The summed E-state index contributed by atoms with van der Waals surface area (Å²) < 4.78 is 12.4. The zero-order valence-electron chi connectivity index (χ0n) is 19.7. The average Bonchev–Trinajstić information content (AvgIpc) is 3.21. The smallest absolute Gasteiger partial charge is 0.319 e. The van der Waals surface area contributed by atoms with E-state index < -0.39 is 0 Å². The minimum atomic E-state index is -0.243. The van der Waals surface area contributed by atoms with Crippen molar-refractivity contribution in [1.82, 2.24) is 24.9 Å². The van der Waals surface area contributed by atoms with E-state index in [0.29, 0.717) is 43.4 Å². The Kier molecular flexibility index (Phi) is 8.94. The van der Waals surface area contributed by atoms with Crippen molar-refractivity contribution in [3.63, 3.8) is 0 Å². The lowest BCUT2D eigenvalue weighted by atomic mass is 10.2. The third-order valence-corrected chi connectivity index (χ3v) is 5.47. The Hall–Kier alpha value is -3.27. The molecule has 2 aromatic rings. The number of unbranched alkanes of at least 4 members (excludes halogenated alkanes) is 1. The van der Waals surface area contributed by atoms with E-state index in [9.17, 15) is 9.59 Å². The number of carbonyl (C=O) groups excluding carboxylic acids is 2. The molecule has 1 aliphatic heterocycles. The molecule has 1 aliphatic rings. The Morgan fingerprint density at radius 1 is 1.12 bits per heavy atom. The molecule has 1 fully saturated rings. The number of amides is 3. The van der Waals surface area contributed by atoms with E-state index in [0.717, 1.165) is 38.2 Å². The fourth-order valence-electron chi connectivity index (χ4n) is 3.58. The van der Waals surface area contributed by atoms with Gasteiger partial charge in [-0.05, 0) is 30.7 Å². The highest BCUT2D eigenvalue weighted by atomic mass is 16.5. The molecule has 0 bridgehead atoms. The monoisotopic (exact) mass is 458 g/mol. The number of benzene rings is 1. The Balaban J connectivity index is 1.34. The van der Waals surface area contributed by atoms with E-state index in [1.54, 1.807) is 17.9 Å². The molecule has 33 heavy (non-hydrogen) atoms. The maximum Gasteiger partial charge on any atom is 0.319 e. The first-order valence-corrected chi connectivity index (χ1v) is 11.4. The number of anilines is 1. The molecular formula is C23H34N6O4. The SMILES string of the molecule is CCCCOc1ccc(NC(=O)NCCN2CCN(C(=O)c3cn(C)nc3OC)CC2)cc1. The van der Waals surface area contributed by atoms with Crippen molar-refractivity contribution in [3.8, 4) is 11.6 Å². The Morgan fingerprint density at radius 3 is 2.52 bits per heavy atom. The molecule has 3 amide bonds. The summed E-state index contributed by atoms with van der Waals surface area (Å²) in [4.78, 5) is 29.0. The van der Waals surface area contributed by atoms with Crippen LogP contribution in [-0.4, -0.2) is 84.5 Å². The van der Waals surface area contributed by atoms with Crippen molar-refractivity contribution < 1.29 is 19.1 Å². The van der Waals surface area contributed by atoms with Gasteiger partial charge in [0.05, 0.1) is 13.7 Å². The van der Waals surface area contributed by atoms with Crippen LogP contribution in [0.3, 0.4) is 0 Å². The number of hydrogen-bond acceptors (Lipinski definition) is 6. The average molecular weight is 459 g/mol. The van der Waals surface area contributed by atoms with Gasteiger partial charge in [-0.2, -0.15) is 0 Å². The second-order valence-corrected chi connectivity index (χ2v) is 7.97. The topological polar surface area (TPSA) is 101 Å². The van der Waals surface area contributed by atoms with E-state index >= 15 is 0 Å². The third-order valence-electron chi connectivity index (χ3n) is 5.47. The first kappa shape index (κ1) is 24.4. The summed E-state index contributed by atoms with van der Waals surface area (Å²) >= 11 is 0. The lowest BCUT2D eigenvalue weighted by Gasteiger charge is -2.34. The molecule has 1 saturated heterocycles. The zero-order chi connectivity index (χ0) is 23.6.